The monoisotopic (exact) mass is 235 g/mol. The number of carbonyl (C=O) groups is 1. The van der Waals surface area contributed by atoms with Crippen molar-refractivity contribution < 1.29 is 4.79 Å². The normalized spacial score (nSPS) is 10.7. The molecule has 0 aromatic carbocycles. The van der Waals surface area contributed by atoms with Gasteiger partial charge in [-0.05, 0) is 6.42 Å². The van der Waals surface area contributed by atoms with Crippen LogP contribution < -0.4 is 5.69 Å². The highest BCUT2D eigenvalue weighted by molar-refractivity contribution is 5.86. The second-order valence-corrected chi connectivity index (χ2v) is 3.73. The fourth-order valence-electron chi connectivity index (χ4n) is 1.64. The molecule has 7 heteroatoms. The van der Waals surface area contributed by atoms with Gasteiger partial charge in [-0.1, -0.05) is 6.92 Å². The van der Waals surface area contributed by atoms with Crippen LogP contribution in [-0.4, -0.2) is 44.0 Å². The van der Waals surface area contributed by atoms with Gasteiger partial charge in [-0.2, -0.15) is 0 Å². The minimum Gasteiger partial charge on any atom is -0.327 e. The van der Waals surface area contributed by atoms with Crippen molar-refractivity contribution in [2.45, 2.75) is 13.3 Å². The van der Waals surface area contributed by atoms with E-state index in [1.807, 2.05) is 6.92 Å². The molecule has 1 amide bonds. The van der Waals surface area contributed by atoms with Crippen molar-refractivity contribution in [3.8, 4) is 0 Å². The average molecular weight is 235 g/mol. The van der Waals surface area contributed by atoms with Crippen molar-refractivity contribution in [1.82, 2.24) is 24.4 Å². The molecular formula is C10H13N5O2. The van der Waals surface area contributed by atoms with E-state index < -0.39 is 5.69 Å². The number of nitrogens with one attached hydrogen (secondary N) is 1. The number of aromatic nitrogens is 4. The third-order valence-electron chi connectivity index (χ3n) is 2.44. The van der Waals surface area contributed by atoms with E-state index in [0.717, 1.165) is 11.0 Å². The maximum Gasteiger partial charge on any atom is 0.336 e. The molecule has 90 valence electrons. The summed E-state index contributed by atoms with van der Waals surface area (Å²) in [4.78, 5) is 35.4. The summed E-state index contributed by atoms with van der Waals surface area (Å²) in [6.07, 6.45) is 3.59. The molecule has 0 spiro atoms. The molecule has 2 aromatic rings. The standard InChI is InChI=1S/C10H13N5O2/c1-3-4-14(2)10(17)15-7-5-11-6-12-8(7)13-9(15)16/h5-6H,3-4H2,1-2H3,(H,11,12,13,16). The van der Waals surface area contributed by atoms with Crippen LogP contribution in [0.2, 0.25) is 0 Å². The van der Waals surface area contributed by atoms with Gasteiger partial charge in [0.25, 0.3) is 0 Å². The van der Waals surface area contributed by atoms with Crippen molar-refractivity contribution in [3.63, 3.8) is 0 Å². The lowest BCUT2D eigenvalue weighted by Crippen LogP contribution is -2.36. The predicted molar refractivity (Wildman–Crippen MR) is 61.9 cm³/mol. The van der Waals surface area contributed by atoms with Gasteiger partial charge >= 0.3 is 11.7 Å². The Morgan fingerprint density at radius 2 is 2.35 bits per heavy atom. The highest BCUT2D eigenvalue weighted by Crippen LogP contribution is 2.05. The van der Waals surface area contributed by atoms with E-state index in [2.05, 4.69) is 15.0 Å². The van der Waals surface area contributed by atoms with Crippen molar-refractivity contribution >= 4 is 17.2 Å². The number of amides is 1. The van der Waals surface area contributed by atoms with Gasteiger partial charge < -0.3 is 4.90 Å². The van der Waals surface area contributed by atoms with Crippen molar-refractivity contribution in [2.75, 3.05) is 13.6 Å². The molecule has 2 aromatic heterocycles. The largest absolute Gasteiger partial charge is 0.336 e. The summed E-state index contributed by atoms with van der Waals surface area (Å²) >= 11 is 0. The Labute approximate surface area is 97.1 Å². The molecule has 0 fully saturated rings. The van der Waals surface area contributed by atoms with E-state index in [1.165, 1.54) is 17.4 Å². The summed E-state index contributed by atoms with van der Waals surface area (Å²) < 4.78 is 1.05. The first-order chi connectivity index (χ1) is 8.15. The molecule has 2 rings (SSSR count). The summed E-state index contributed by atoms with van der Waals surface area (Å²) in [6, 6.07) is -0.377. The smallest absolute Gasteiger partial charge is 0.327 e. The number of hydrogen-bond donors (Lipinski definition) is 1. The van der Waals surface area contributed by atoms with Gasteiger partial charge in [0.1, 0.15) is 11.8 Å². The van der Waals surface area contributed by atoms with Crippen LogP contribution in [0.15, 0.2) is 17.3 Å². The second kappa shape index (κ2) is 4.36. The second-order valence-electron chi connectivity index (χ2n) is 3.73. The van der Waals surface area contributed by atoms with Crippen molar-refractivity contribution in [2.24, 2.45) is 0 Å². The number of hydrogen-bond acceptors (Lipinski definition) is 4. The van der Waals surface area contributed by atoms with Gasteiger partial charge in [-0.15, -0.1) is 0 Å². The Morgan fingerprint density at radius 3 is 3.06 bits per heavy atom. The molecule has 2 heterocycles. The Morgan fingerprint density at radius 1 is 1.59 bits per heavy atom. The van der Waals surface area contributed by atoms with Crippen LogP contribution >= 0.6 is 0 Å². The van der Waals surface area contributed by atoms with E-state index in [1.54, 1.807) is 7.05 Å². The maximum atomic E-state index is 12.0. The van der Waals surface area contributed by atoms with E-state index in [-0.39, 0.29) is 6.03 Å². The lowest BCUT2D eigenvalue weighted by molar-refractivity contribution is 0.210. The molecule has 17 heavy (non-hydrogen) atoms. The molecule has 0 aliphatic heterocycles. The van der Waals surface area contributed by atoms with Gasteiger partial charge in [0.2, 0.25) is 0 Å². The predicted octanol–water partition coefficient (Wildman–Crippen LogP) is 0.429. The third-order valence-corrected chi connectivity index (χ3v) is 2.44. The highest BCUT2D eigenvalue weighted by Gasteiger charge is 2.17. The summed E-state index contributed by atoms with van der Waals surface area (Å²) in [7, 11) is 1.65. The molecule has 0 aliphatic rings. The van der Waals surface area contributed by atoms with Crippen LogP contribution in [0.25, 0.3) is 11.2 Å². The summed E-state index contributed by atoms with van der Waals surface area (Å²) in [5, 5.41) is 0. The molecule has 0 unspecified atom stereocenters. The first kappa shape index (κ1) is 11.3. The van der Waals surface area contributed by atoms with Crippen LogP contribution in [0.3, 0.4) is 0 Å². The first-order valence-corrected chi connectivity index (χ1v) is 5.31. The number of aromatic amines is 1. The minimum atomic E-state index is -0.492. The van der Waals surface area contributed by atoms with E-state index in [4.69, 9.17) is 0 Å². The quantitative estimate of drug-likeness (QED) is 0.818. The van der Waals surface area contributed by atoms with Crippen molar-refractivity contribution in [1.29, 1.82) is 0 Å². The molecule has 0 radical (unpaired) electrons. The van der Waals surface area contributed by atoms with Gasteiger partial charge in [0, 0.05) is 13.6 Å². The Hall–Kier alpha value is -2.18. The Bertz CT molecular complexity index is 600. The molecule has 0 aliphatic carbocycles. The average Bonchev–Trinajstić information content (AvgIpc) is 2.64. The zero-order valence-corrected chi connectivity index (χ0v) is 9.67. The van der Waals surface area contributed by atoms with Gasteiger partial charge in [0.15, 0.2) is 5.65 Å². The molecule has 0 saturated carbocycles. The number of imidazole rings is 1. The van der Waals surface area contributed by atoms with E-state index >= 15 is 0 Å². The van der Waals surface area contributed by atoms with Crippen LogP contribution in [0.1, 0.15) is 13.3 Å². The van der Waals surface area contributed by atoms with Crippen LogP contribution in [0.5, 0.6) is 0 Å². The lowest BCUT2D eigenvalue weighted by Gasteiger charge is -2.15. The molecule has 7 nitrogen and oxygen atoms in total. The van der Waals surface area contributed by atoms with E-state index in [9.17, 15) is 9.59 Å². The Kier molecular flexibility index (Phi) is 2.90. The minimum absolute atomic E-state index is 0.364. The third kappa shape index (κ3) is 1.91. The van der Waals surface area contributed by atoms with Gasteiger partial charge in [0.05, 0.1) is 6.20 Å². The lowest BCUT2D eigenvalue weighted by atomic mass is 10.4. The summed E-state index contributed by atoms with van der Waals surface area (Å²) in [5.74, 6) is 0. The van der Waals surface area contributed by atoms with Crippen LogP contribution in [0.4, 0.5) is 4.79 Å². The van der Waals surface area contributed by atoms with E-state index in [0.29, 0.717) is 17.7 Å². The first-order valence-electron chi connectivity index (χ1n) is 5.31. The van der Waals surface area contributed by atoms with Crippen molar-refractivity contribution in [3.05, 3.63) is 23.0 Å². The highest BCUT2D eigenvalue weighted by atomic mass is 16.2. The number of fused-ring (bicyclic) bond motifs is 1. The molecule has 1 N–H and O–H groups in total. The maximum absolute atomic E-state index is 12.0. The summed E-state index contributed by atoms with van der Waals surface area (Å²) in [5.41, 5.74) is 0.266. The molecule has 0 atom stereocenters. The summed E-state index contributed by atoms with van der Waals surface area (Å²) in [6.45, 7) is 2.55. The molecule has 0 bridgehead atoms. The molecule has 0 saturated heterocycles. The molecular weight excluding hydrogens is 222 g/mol. The number of carbonyl (C=O) groups excluding carboxylic acids is 1. The van der Waals surface area contributed by atoms with Crippen LogP contribution in [-0.2, 0) is 0 Å². The topological polar surface area (TPSA) is 83.9 Å². The number of H-pyrrole nitrogens is 1. The number of rotatable bonds is 2. The van der Waals surface area contributed by atoms with Crippen LogP contribution in [0, 0.1) is 0 Å². The van der Waals surface area contributed by atoms with Gasteiger partial charge in [-0.25, -0.2) is 24.1 Å². The zero-order chi connectivity index (χ0) is 12.4. The number of nitrogens with zero attached hydrogens (tertiary/aromatic N) is 4. The fraction of sp³-hybridized carbons (Fsp3) is 0.400. The Balaban J connectivity index is 2.51. The zero-order valence-electron chi connectivity index (χ0n) is 9.67. The fourth-order valence-corrected chi connectivity index (χ4v) is 1.64. The van der Waals surface area contributed by atoms with Gasteiger partial charge in [-0.3, -0.25) is 4.98 Å². The SMILES string of the molecule is CCCN(C)C(=O)n1c(=O)[nH]c2ncncc21.